The highest BCUT2D eigenvalue weighted by Gasteiger charge is 2.22. The second-order valence-electron chi connectivity index (χ2n) is 5.75. The Morgan fingerprint density at radius 3 is 2.37 bits per heavy atom. The standard InChI is InChI=1S/C16H27N3/c1-3-9-17-10-14-11-18-16(19-12-14)15-7-5-13(4-2)6-8-15/h11-13,15,17H,3-10H2,1-2H3. The average molecular weight is 261 g/mol. The molecule has 19 heavy (non-hydrogen) atoms. The summed E-state index contributed by atoms with van der Waals surface area (Å²) in [5, 5.41) is 3.38. The largest absolute Gasteiger partial charge is 0.313 e. The molecule has 0 spiro atoms. The van der Waals surface area contributed by atoms with Crippen LogP contribution in [-0.4, -0.2) is 16.5 Å². The zero-order valence-corrected chi connectivity index (χ0v) is 12.4. The molecular weight excluding hydrogens is 234 g/mol. The Hall–Kier alpha value is -0.960. The van der Waals surface area contributed by atoms with Crippen molar-refractivity contribution in [1.82, 2.24) is 15.3 Å². The van der Waals surface area contributed by atoms with Crippen LogP contribution in [-0.2, 0) is 6.54 Å². The van der Waals surface area contributed by atoms with Gasteiger partial charge < -0.3 is 5.32 Å². The second kappa shape index (κ2) is 7.59. The molecule has 0 bridgehead atoms. The summed E-state index contributed by atoms with van der Waals surface area (Å²) >= 11 is 0. The predicted octanol–water partition coefficient (Wildman–Crippen LogP) is 3.66. The molecule has 0 aromatic carbocycles. The molecule has 0 saturated heterocycles. The topological polar surface area (TPSA) is 37.8 Å². The average Bonchev–Trinajstić information content (AvgIpc) is 2.48. The Morgan fingerprint density at radius 1 is 1.11 bits per heavy atom. The first kappa shape index (κ1) is 14.4. The first-order chi connectivity index (χ1) is 9.33. The summed E-state index contributed by atoms with van der Waals surface area (Å²) in [5.41, 5.74) is 1.19. The molecule has 0 amide bonds. The minimum Gasteiger partial charge on any atom is -0.313 e. The molecular formula is C16H27N3. The van der Waals surface area contributed by atoms with Crippen LogP contribution < -0.4 is 5.32 Å². The van der Waals surface area contributed by atoms with Gasteiger partial charge in [-0.2, -0.15) is 0 Å². The second-order valence-corrected chi connectivity index (χ2v) is 5.75. The van der Waals surface area contributed by atoms with Gasteiger partial charge in [0.05, 0.1) is 0 Å². The molecule has 3 nitrogen and oxygen atoms in total. The van der Waals surface area contributed by atoms with Gasteiger partial charge in [-0.3, -0.25) is 0 Å². The molecule has 3 heteroatoms. The van der Waals surface area contributed by atoms with Crippen molar-refractivity contribution in [3.05, 3.63) is 23.8 Å². The monoisotopic (exact) mass is 261 g/mol. The highest BCUT2D eigenvalue weighted by atomic mass is 14.9. The predicted molar refractivity (Wildman–Crippen MR) is 79.0 cm³/mol. The summed E-state index contributed by atoms with van der Waals surface area (Å²) < 4.78 is 0. The number of rotatable bonds is 6. The third-order valence-electron chi connectivity index (χ3n) is 4.27. The fourth-order valence-corrected chi connectivity index (χ4v) is 2.91. The van der Waals surface area contributed by atoms with Crippen LogP contribution >= 0.6 is 0 Å². The van der Waals surface area contributed by atoms with Gasteiger partial charge in [0.1, 0.15) is 5.82 Å². The van der Waals surface area contributed by atoms with Gasteiger partial charge in [0.2, 0.25) is 0 Å². The molecule has 1 aliphatic carbocycles. The molecule has 1 fully saturated rings. The summed E-state index contributed by atoms with van der Waals surface area (Å²) in [5.74, 6) is 2.60. The van der Waals surface area contributed by atoms with E-state index in [4.69, 9.17) is 0 Å². The van der Waals surface area contributed by atoms with E-state index in [0.29, 0.717) is 5.92 Å². The molecule has 0 unspecified atom stereocenters. The highest BCUT2D eigenvalue weighted by Crippen LogP contribution is 2.35. The van der Waals surface area contributed by atoms with Gasteiger partial charge in [0.15, 0.2) is 0 Å². The summed E-state index contributed by atoms with van der Waals surface area (Å²) in [7, 11) is 0. The Morgan fingerprint density at radius 2 is 1.79 bits per heavy atom. The van der Waals surface area contributed by atoms with E-state index in [0.717, 1.165) is 24.8 Å². The Balaban J connectivity index is 1.84. The highest BCUT2D eigenvalue weighted by molar-refractivity contribution is 5.08. The molecule has 1 saturated carbocycles. The molecule has 1 N–H and O–H groups in total. The van der Waals surface area contributed by atoms with E-state index >= 15 is 0 Å². The van der Waals surface area contributed by atoms with Crippen molar-refractivity contribution in [3.63, 3.8) is 0 Å². The molecule has 1 heterocycles. The lowest BCUT2D eigenvalue weighted by Crippen LogP contribution is -2.16. The maximum absolute atomic E-state index is 4.58. The normalized spacial score (nSPS) is 23.5. The quantitative estimate of drug-likeness (QED) is 0.794. The van der Waals surface area contributed by atoms with Gasteiger partial charge in [-0.1, -0.05) is 20.3 Å². The molecule has 0 radical (unpaired) electrons. The lowest BCUT2D eigenvalue weighted by atomic mass is 9.80. The van der Waals surface area contributed by atoms with E-state index in [1.54, 1.807) is 0 Å². The zero-order chi connectivity index (χ0) is 13.5. The Bertz CT molecular complexity index is 353. The number of hydrogen-bond acceptors (Lipinski definition) is 3. The van der Waals surface area contributed by atoms with E-state index in [1.165, 1.54) is 44.1 Å². The molecule has 0 aliphatic heterocycles. The number of aromatic nitrogens is 2. The third-order valence-corrected chi connectivity index (χ3v) is 4.27. The Labute approximate surface area is 117 Å². The van der Waals surface area contributed by atoms with E-state index < -0.39 is 0 Å². The maximum Gasteiger partial charge on any atom is 0.131 e. The van der Waals surface area contributed by atoms with Gasteiger partial charge >= 0.3 is 0 Å². The van der Waals surface area contributed by atoms with E-state index in [9.17, 15) is 0 Å². The number of hydrogen-bond donors (Lipinski definition) is 1. The van der Waals surface area contributed by atoms with E-state index in [-0.39, 0.29) is 0 Å². The van der Waals surface area contributed by atoms with E-state index in [1.807, 2.05) is 12.4 Å². The van der Waals surface area contributed by atoms with Crippen LogP contribution in [0.5, 0.6) is 0 Å². The smallest absolute Gasteiger partial charge is 0.131 e. The van der Waals surface area contributed by atoms with Crippen LogP contribution in [0, 0.1) is 5.92 Å². The molecule has 1 aromatic heterocycles. The minimum atomic E-state index is 0.598. The van der Waals surface area contributed by atoms with Crippen molar-refractivity contribution in [2.45, 2.75) is 64.8 Å². The van der Waals surface area contributed by atoms with Crippen molar-refractivity contribution in [3.8, 4) is 0 Å². The lowest BCUT2D eigenvalue weighted by Gasteiger charge is -2.26. The summed E-state index contributed by atoms with van der Waals surface area (Å²) in [6.07, 6.45) is 11.7. The van der Waals surface area contributed by atoms with E-state index in [2.05, 4.69) is 29.1 Å². The minimum absolute atomic E-state index is 0.598. The SMILES string of the molecule is CCCNCc1cnc(C2CCC(CC)CC2)nc1. The summed E-state index contributed by atoms with van der Waals surface area (Å²) in [6, 6.07) is 0. The molecule has 2 rings (SSSR count). The van der Waals surface area contributed by atoms with Gasteiger partial charge in [-0.15, -0.1) is 0 Å². The fraction of sp³-hybridized carbons (Fsp3) is 0.750. The van der Waals surface area contributed by atoms with Crippen LogP contribution in [0.15, 0.2) is 12.4 Å². The first-order valence-corrected chi connectivity index (χ1v) is 7.85. The van der Waals surface area contributed by atoms with Crippen molar-refractivity contribution in [2.24, 2.45) is 5.92 Å². The van der Waals surface area contributed by atoms with Crippen molar-refractivity contribution in [2.75, 3.05) is 6.54 Å². The third kappa shape index (κ3) is 4.27. The van der Waals surface area contributed by atoms with Crippen LogP contribution in [0.2, 0.25) is 0 Å². The molecule has 106 valence electrons. The Kier molecular flexibility index (Phi) is 5.77. The summed E-state index contributed by atoms with van der Waals surface area (Å²) in [6.45, 7) is 6.43. The first-order valence-electron chi connectivity index (χ1n) is 7.85. The van der Waals surface area contributed by atoms with Crippen LogP contribution in [0.4, 0.5) is 0 Å². The fourth-order valence-electron chi connectivity index (χ4n) is 2.91. The van der Waals surface area contributed by atoms with Crippen LogP contribution in [0.25, 0.3) is 0 Å². The van der Waals surface area contributed by atoms with Crippen molar-refractivity contribution in [1.29, 1.82) is 0 Å². The van der Waals surface area contributed by atoms with Crippen LogP contribution in [0.3, 0.4) is 0 Å². The summed E-state index contributed by atoms with van der Waals surface area (Å²) in [4.78, 5) is 9.16. The van der Waals surface area contributed by atoms with Gasteiger partial charge in [0, 0.05) is 30.4 Å². The lowest BCUT2D eigenvalue weighted by molar-refractivity contribution is 0.312. The maximum atomic E-state index is 4.58. The van der Waals surface area contributed by atoms with Crippen molar-refractivity contribution >= 4 is 0 Å². The van der Waals surface area contributed by atoms with Gasteiger partial charge in [-0.05, 0) is 44.6 Å². The molecule has 0 atom stereocenters. The van der Waals surface area contributed by atoms with Crippen LogP contribution in [0.1, 0.15) is 69.7 Å². The molecule has 1 aromatic rings. The number of nitrogens with zero attached hydrogens (tertiary/aromatic N) is 2. The zero-order valence-electron chi connectivity index (χ0n) is 12.4. The van der Waals surface area contributed by atoms with Gasteiger partial charge in [-0.25, -0.2) is 9.97 Å². The van der Waals surface area contributed by atoms with Crippen molar-refractivity contribution < 1.29 is 0 Å². The number of nitrogens with one attached hydrogen (secondary N) is 1. The van der Waals surface area contributed by atoms with Gasteiger partial charge in [0.25, 0.3) is 0 Å². The molecule has 1 aliphatic rings.